The topological polar surface area (TPSA) is 223 Å². The zero-order chi connectivity index (χ0) is 42.7. The van der Waals surface area contributed by atoms with Crippen LogP contribution < -0.4 is 0 Å². The van der Waals surface area contributed by atoms with E-state index in [0.29, 0.717) is 12.8 Å². The van der Waals surface area contributed by atoms with E-state index in [0.717, 1.165) is 18.4 Å². The first-order chi connectivity index (χ1) is 27.4. The molecule has 58 heavy (non-hydrogen) atoms. The highest BCUT2D eigenvalue weighted by Crippen LogP contribution is 2.52. The molecule has 0 bridgehead atoms. The Labute approximate surface area is 340 Å². The van der Waals surface area contributed by atoms with Crippen molar-refractivity contribution in [3.8, 4) is 0 Å². The molecule has 2 saturated carbocycles. The van der Waals surface area contributed by atoms with Crippen molar-refractivity contribution in [1.29, 1.82) is 0 Å². The lowest BCUT2D eigenvalue weighted by atomic mass is 9.61. The standard InChI is InChI=1S/C44H62O14/c1-23(2)31-8-7-26(17-45)13-27(31)14-29(19-47)39(50)56-21-43(54)11-9-32(24(3)4)34-16-30(20-55-41(52)36(34)43)40(51)58-44-12-10-33(25(5)6)35(15-28(18-46)38(48)49)37(44)42(53)57-22-44/h13-16,23-25,27,31-37,45-47,54H,7-12,17-22H2,1-6H3,(H,48,49)/b28-15+,29-14+/t27-,31-,32-,33-,34-,35-,36-,37-,43-,44-/m1/s1. The highest BCUT2D eigenvalue weighted by Gasteiger charge is 2.61. The van der Waals surface area contributed by atoms with Gasteiger partial charge >= 0.3 is 29.8 Å². The molecule has 2 heterocycles. The zero-order valence-electron chi connectivity index (χ0n) is 34.6. The average molecular weight is 815 g/mol. The first-order valence-corrected chi connectivity index (χ1v) is 20.7. The molecule has 5 aliphatic rings. The lowest BCUT2D eigenvalue weighted by Gasteiger charge is -2.46. The SMILES string of the molecule is CC(C)[C@H]1CC[C@@](O)(COC(=O)/C(=C/[C@H]2C=C(CO)CC[C@@H]2C(C)C)CO)[C@H]2C(=O)OCC(C(=O)O[C@@]34CC[C@H](C(C)C)[C@@H](/C=C(\CO)C(=O)O)[C@@H]3C(=O)OC4)=C[C@H]12. The second kappa shape index (κ2) is 18.6. The summed E-state index contributed by atoms with van der Waals surface area (Å²) in [5.41, 5.74) is -2.75. The lowest BCUT2D eigenvalue weighted by Crippen LogP contribution is -2.55. The summed E-state index contributed by atoms with van der Waals surface area (Å²) in [7, 11) is 0. The second-order valence-corrected chi connectivity index (χ2v) is 18.1. The third-order valence-corrected chi connectivity index (χ3v) is 13.6. The molecule has 0 amide bonds. The van der Waals surface area contributed by atoms with Gasteiger partial charge in [-0.3, -0.25) is 9.59 Å². The number of carbonyl (C=O) groups is 5. The molecule has 0 aromatic carbocycles. The van der Waals surface area contributed by atoms with Crippen LogP contribution in [0.1, 0.15) is 80.1 Å². The lowest BCUT2D eigenvalue weighted by molar-refractivity contribution is -0.181. The first kappa shape index (κ1) is 45.2. The summed E-state index contributed by atoms with van der Waals surface area (Å²) in [6.07, 6.45) is 9.36. The Hall–Kier alpha value is -3.85. The Morgan fingerprint density at radius 3 is 2.07 bits per heavy atom. The van der Waals surface area contributed by atoms with Gasteiger partial charge < -0.3 is 44.5 Å². The van der Waals surface area contributed by atoms with Crippen LogP contribution in [0, 0.1) is 65.1 Å². The highest BCUT2D eigenvalue weighted by molar-refractivity contribution is 5.92. The molecular weight excluding hydrogens is 752 g/mol. The molecule has 3 fully saturated rings. The smallest absolute Gasteiger partial charge is 0.337 e. The van der Waals surface area contributed by atoms with Gasteiger partial charge in [0, 0.05) is 0 Å². The van der Waals surface area contributed by atoms with E-state index in [1.165, 1.54) is 6.08 Å². The number of carboxylic acids is 1. The Bertz CT molecular complexity index is 1700. The number of aliphatic hydroxyl groups excluding tert-OH is 3. The fourth-order valence-electron chi connectivity index (χ4n) is 10.3. The van der Waals surface area contributed by atoms with E-state index < -0.39 is 91.1 Å². The zero-order valence-corrected chi connectivity index (χ0v) is 34.6. The van der Waals surface area contributed by atoms with Crippen LogP contribution in [0.25, 0.3) is 0 Å². The van der Waals surface area contributed by atoms with Gasteiger partial charge in [-0.25, -0.2) is 14.4 Å². The number of hydrogen-bond donors (Lipinski definition) is 5. The number of aliphatic carboxylic acids is 1. The Kier molecular flexibility index (Phi) is 14.5. The van der Waals surface area contributed by atoms with Crippen molar-refractivity contribution in [2.24, 2.45) is 65.1 Å². The summed E-state index contributed by atoms with van der Waals surface area (Å²) in [6, 6.07) is 0. The van der Waals surface area contributed by atoms with Gasteiger partial charge in [0.2, 0.25) is 0 Å². The average Bonchev–Trinajstić information content (AvgIpc) is 3.39. The first-order valence-electron chi connectivity index (χ1n) is 20.7. The van der Waals surface area contributed by atoms with Crippen LogP contribution in [-0.4, -0.2) is 106 Å². The van der Waals surface area contributed by atoms with Crippen molar-refractivity contribution in [2.45, 2.75) is 91.3 Å². The van der Waals surface area contributed by atoms with Crippen LogP contribution in [0.2, 0.25) is 0 Å². The number of ether oxygens (including phenoxy) is 4. The molecule has 10 atom stereocenters. The minimum Gasteiger partial charge on any atom is -0.478 e. The van der Waals surface area contributed by atoms with E-state index in [4.69, 9.17) is 18.9 Å². The Balaban J connectivity index is 1.41. The molecule has 5 rings (SSSR count). The molecule has 5 N–H and O–H groups in total. The van der Waals surface area contributed by atoms with Gasteiger partial charge in [-0.05, 0) is 97.4 Å². The summed E-state index contributed by atoms with van der Waals surface area (Å²) in [5.74, 6) is -8.27. The minimum atomic E-state index is -1.88. The molecule has 14 heteroatoms. The highest BCUT2D eigenvalue weighted by atomic mass is 16.6. The van der Waals surface area contributed by atoms with Crippen LogP contribution in [0.15, 0.2) is 46.6 Å². The van der Waals surface area contributed by atoms with Crippen LogP contribution in [0.3, 0.4) is 0 Å². The van der Waals surface area contributed by atoms with Gasteiger partial charge in [-0.1, -0.05) is 65.8 Å². The van der Waals surface area contributed by atoms with Crippen molar-refractivity contribution in [3.05, 3.63) is 46.6 Å². The maximum absolute atomic E-state index is 14.2. The van der Waals surface area contributed by atoms with Crippen LogP contribution in [-0.2, 0) is 42.9 Å². The number of fused-ring (bicyclic) bond motifs is 2. The monoisotopic (exact) mass is 814 g/mol. The third-order valence-electron chi connectivity index (χ3n) is 13.6. The number of aliphatic hydroxyl groups is 4. The normalized spacial score (nSPS) is 34.4. The van der Waals surface area contributed by atoms with Crippen LogP contribution in [0.5, 0.6) is 0 Å². The molecule has 1 saturated heterocycles. The molecule has 3 aliphatic carbocycles. The number of rotatable bonds is 14. The molecule has 0 aromatic rings. The van der Waals surface area contributed by atoms with Gasteiger partial charge in [0.1, 0.15) is 31.3 Å². The molecule has 0 radical (unpaired) electrons. The third kappa shape index (κ3) is 9.30. The largest absolute Gasteiger partial charge is 0.478 e. The van der Waals surface area contributed by atoms with Crippen molar-refractivity contribution in [3.63, 3.8) is 0 Å². The van der Waals surface area contributed by atoms with Crippen molar-refractivity contribution < 1.29 is 68.5 Å². The summed E-state index contributed by atoms with van der Waals surface area (Å²) >= 11 is 0. The predicted molar refractivity (Wildman–Crippen MR) is 208 cm³/mol. The van der Waals surface area contributed by atoms with Crippen LogP contribution >= 0.6 is 0 Å². The van der Waals surface area contributed by atoms with Crippen molar-refractivity contribution >= 4 is 29.8 Å². The van der Waals surface area contributed by atoms with Gasteiger partial charge in [0.05, 0.1) is 42.5 Å². The molecule has 322 valence electrons. The Morgan fingerprint density at radius 2 is 1.47 bits per heavy atom. The number of esters is 4. The van der Waals surface area contributed by atoms with Gasteiger partial charge in [0.25, 0.3) is 0 Å². The van der Waals surface area contributed by atoms with E-state index in [-0.39, 0.29) is 84.2 Å². The quantitative estimate of drug-likeness (QED) is 0.0731. The van der Waals surface area contributed by atoms with Crippen molar-refractivity contribution in [2.75, 3.05) is 39.6 Å². The van der Waals surface area contributed by atoms with E-state index in [9.17, 15) is 49.5 Å². The number of carboxylic acid groups (broad SMARTS) is 1. The van der Waals surface area contributed by atoms with Crippen molar-refractivity contribution in [1.82, 2.24) is 0 Å². The fourth-order valence-corrected chi connectivity index (χ4v) is 10.3. The Morgan fingerprint density at radius 1 is 0.828 bits per heavy atom. The second-order valence-electron chi connectivity index (χ2n) is 18.1. The predicted octanol–water partition coefficient (Wildman–Crippen LogP) is 3.70. The number of carbonyl (C=O) groups excluding carboxylic acids is 4. The van der Waals surface area contributed by atoms with E-state index in [1.54, 1.807) is 12.2 Å². The summed E-state index contributed by atoms with van der Waals surface area (Å²) in [6.45, 7) is 9.24. The maximum atomic E-state index is 14.2. The molecular formula is C44H62O14. The van der Waals surface area contributed by atoms with Gasteiger partial charge in [-0.15, -0.1) is 0 Å². The number of hydrogen-bond acceptors (Lipinski definition) is 13. The number of cyclic esters (lactones) is 2. The molecule has 2 aliphatic heterocycles. The van der Waals surface area contributed by atoms with Gasteiger partial charge in [-0.2, -0.15) is 0 Å². The van der Waals surface area contributed by atoms with E-state index in [1.807, 2.05) is 33.8 Å². The molecule has 0 unspecified atom stereocenters. The molecule has 0 spiro atoms. The summed E-state index contributed by atoms with van der Waals surface area (Å²) < 4.78 is 23.0. The summed E-state index contributed by atoms with van der Waals surface area (Å²) in [4.78, 5) is 66.8. The molecule has 14 nitrogen and oxygen atoms in total. The van der Waals surface area contributed by atoms with E-state index >= 15 is 0 Å². The summed E-state index contributed by atoms with van der Waals surface area (Å²) in [5, 5.41) is 51.7. The molecule has 0 aromatic heterocycles. The van der Waals surface area contributed by atoms with Crippen LogP contribution in [0.4, 0.5) is 0 Å². The number of allylic oxidation sites excluding steroid dienone is 4. The van der Waals surface area contributed by atoms with E-state index in [2.05, 4.69) is 13.8 Å². The maximum Gasteiger partial charge on any atom is 0.337 e. The minimum absolute atomic E-state index is 0.00164. The fraction of sp³-hybridized carbons (Fsp3) is 0.705. The van der Waals surface area contributed by atoms with Gasteiger partial charge in [0.15, 0.2) is 5.60 Å².